The summed E-state index contributed by atoms with van der Waals surface area (Å²) in [7, 11) is 0. The lowest BCUT2D eigenvalue weighted by atomic mass is 9.99. The van der Waals surface area contributed by atoms with Crippen LogP contribution >= 0.6 is 0 Å². The van der Waals surface area contributed by atoms with Gasteiger partial charge in [-0.1, -0.05) is 24.3 Å². The zero-order chi connectivity index (χ0) is 18.3. The van der Waals surface area contributed by atoms with Crippen LogP contribution in [0, 0.1) is 5.82 Å². The number of carbonyl (C=O) groups excluding carboxylic acids is 2. The largest absolute Gasteiger partial charge is 0.490 e. The minimum absolute atomic E-state index is 0.221. The Hall–Kier alpha value is -3.22. The van der Waals surface area contributed by atoms with Crippen molar-refractivity contribution in [1.29, 1.82) is 0 Å². The second kappa shape index (κ2) is 6.25. The van der Waals surface area contributed by atoms with Crippen LogP contribution in [0.1, 0.15) is 18.1 Å². The van der Waals surface area contributed by atoms with Gasteiger partial charge in [0.25, 0.3) is 12.1 Å². The Kier molecular flexibility index (Phi) is 3.91. The van der Waals surface area contributed by atoms with Crippen molar-refractivity contribution in [2.24, 2.45) is 4.99 Å². The molecule has 4 rings (SSSR count). The number of carbonyl (C=O) groups is 2. The first-order chi connectivity index (χ1) is 12.6. The van der Waals surface area contributed by atoms with Crippen LogP contribution in [-0.4, -0.2) is 37.0 Å². The van der Waals surface area contributed by atoms with E-state index in [-0.39, 0.29) is 11.3 Å². The van der Waals surface area contributed by atoms with Gasteiger partial charge in [0, 0.05) is 18.1 Å². The van der Waals surface area contributed by atoms with Crippen molar-refractivity contribution in [3.8, 4) is 5.75 Å². The van der Waals surface area contributed by atoms with Crippen LogP contribution in [-0.2, 0) is 14.3 Å². The summed E-state index contributed by atoms with van der Waals surface area (Å²) < 4.78 is 25.2. The van der Waals surface area contributed by atoms with Gasteiger partial charge in [0.1, 0.15) is 18.2 Å². The molecule has 2 aromatic rings. The second-order valence-corrected chi connectivity index (χ2v) is 5.91. The highest BCUT2D eigenvalue weighted by Gasteiger charge is 2.37. The van der Waals surface area contributed by atoms with Crippen molar-refractivity contribution in [1.82, 2.24) is 0 Å². The fourth-order valence-corrected chi connectivity index (χ4v) is 3.16. The molecule has 0 bridgehead atoms. The standard InChI is InChI=1S/C19H15FN2O4/c1-11(23)26-18-19(24)22-9-10-25-15-8-4-6-13(17(15)22)16(21-18)12-5-2-3-7-14(12)20/h2-8,18H,9-10H2,1H3. The lowest BCUT2D eigenvalue weighted by molar-refractivity contribution is -0.152. The number of halogens is 1. The molecule has 26 heavy (non-hydrogen) atoms. The van der Waals surface area contributed by atoms with Crippen molar-refractivity contribution >= 4 is 23.3 Å². The minimum atomic E-state index is -1.37. The van der Waals surface area contributed by atoms with Gasteiger partial charge in [-0.25, -0.2) is 9.38 Å². The molecule has 6 nitrogen and oxygen atoms in total. The van der Waals surface area contributed by atoms with Crippen molar-refractivity contribution < 1.29 is 23.5 Å². The number of hydrogen-bond donors (Lipinski definition) is 0. The molecule has 2 aliphatic heterocycles. The molecule has 7 heteroatoms. The smallest absolute Gasteiger partial charge is 0.305 e. The average molecular weight is 354 g/mol. The van der Waals surface area contributed by atoms with E-state index in [0.29, 0.717) is 30.2 Å². The molecule has 132 valence electrons. The monoisotopic (exact) mass is 354 g/mol. The first kappa shape index (κ1) is 16.3. The van der Waals surface area contributed by atoms with E-state index in [9.17, 15) is 14.0 Å². The Morgan fingerprint density at radius 3 is 2.77 bits per heavy atom. The molecular weight excluding hydrogens is 339 g/mol. The number of benzene rings is 2. The molecule has 1 amide bonds. The number of nitrogens with zero attached hydrogens (tertiary/aromatic N) is 2. The van der Waals surface area contributed by atoms with E-state index >= 15 is 0 Å². The SMILES string of the molecule is CC(=O)OC1N=C(c2ccccc2F)c2cccc3c2N(CCO3)C1=O. The van der Waals surface area contributed by atoms with Gasteiger partial charge >= 0.3 is 5.97 Å². The Morgan fingerprint density at radius 1 is 1.23 bits per heavy atom. The molecule has 1 unspecified atom stereocenters. The quantitative estimate of drug-likeness (QED) is 0.776. The molecule has 0 fully saturated rings. The van der Waals surface area contributed by atoms with Crippen LogP contribution in [0.25, 0.3) is 0 Å². The van der Waals surface area contributed by atoms with E-state index < -0.39 is 23.9 Å². The Balaban J connectivity index is 1.98. The minimum Gasteiger partial charge on any atom is -0.490 e. The highest BCUT2D eigenvalue weighted by Crippen LogP contribution is 2.39. The highest BCUT2D eigenvalue weighted by atomic mass is 19.1. The predicted octanol–water partition coefficient (Wildman–Crippen LogP) is 2.29. The molecule has 0 aromatic heterocycles. The number of esters is 1. The summed E-state index contributed by atoms with van der Waals surface area (Å²) in [6.07, 6.45) is -1.37. The molecule has 2 aliphatic rings. The van der Waals surface area contributed by atoms with E-state index in [1.807, 2.05) is 0 Å². The zero-order valence-electron chi connectivity index (χ0n) is 13.9. The third-order valence-corrected chi connectivity index (χ3v) is 4.23. The summed E-state index contributed by atoms with van der Waals surface area (Å²) in [5.74, 6) is -1.10. The van der Waals surface area contributed by atoms with E-state index in [1.165, 1.54) is 17.9 Å². The first-order valence-electron chi connectivity index (χ1n) is 8.14. The highest BCUT2D eigenvalue weighted by molar-refractivity contribution is 6.21. The third-order valence-electron chi connectivity index (χ3n) is 4.23. The Labute approximate surface area is 148 Å². The van der Waals surface area contributed by atoms with E-state index in [2.05, 4.69) is 4.99 Å². The Morgan fingerprint density at radius 2 is 2.00 bits per heavy atom. The maximum Gasteiger partial charge on any atom is 0.305 e. The molecule has 2 heterocycles. The fraction of sp³-hybridized carbons (Fsp3) is 0.211. The van der Waals surface area contributed by atoms with Crippen molar-refractivity contribution in [2.75, 3.05) is 18.1 Å². The lowest BCUT2D eigenvalue weighted by Crippen LogP contribution is -2.44. The summed E-state index contributed by atoms with van der Waals surface area (Å²) in [5.41, 5.74) is 1.53. The topological polar surface area (TPSA) is 68.2 Å². The number of aliphatic imine (C=N–C) groups is 1. The molecule has 2 aromatic carbocycles. The van der Waals surface area contributed by atoms with Crippen molar-refractivity contribution in [2.45, 2.75) is 13.2 Å². The van der Waals surface area contributed by atoms with Crippen LogP contribution in [0.5, 0.6) is 5.75 Å². The number of amides is 1. The third kappa shape index (κ3) is 2.61. The number of ether oxygens (including phenoxy) is 2. The molecule has 0 radical (unpaired) electrons. The van der Waals surface area contributed by atoms with Crippen LogP contribution in [0.15, 0.2) is 47.5 Å². The van der Waals surface area contributed by atoms with Crippen molar-refractivity contribution in [3.63, 3.8) is 0 Å². The van der Waals surface area contributed by atoms with Crippen LogP contribution in [0.3, 0.4) is 0 Å². The average Bonchev–Trinajstić information content (AvgIpc) is 2.74. The van der Waals surface area contributed by atoms with Gasteiger partial charge in [-0.2, -0.15) is 0 Å². The molecule has 1 atom stereocenters. The van der Waals surface area contributed by atoms with E-state index in [1.54, 1.807) is 36.4 Å². The molecule has 0 aliphatic carbocycles. The number of rotatable bonds is 2. The Bertz CT molecular complexity index is 941. The van der Waals surface area contributed by atoms with Crippen LogP contribution in [0.2, 0.25) is 0 Å². The van der Waals surface area contributed by atoms with Gasteiger partial charge in [-0.3, -0.25) is 14.5 Å². The van der Waals surface area contributed by atoms with Gasteiger partial charge in [0.05, 0.1) is 17.9 Å². The van der Waals surface area contributed by atoms with Gasteiger partial charge in [-0.15, -0.1) is 0 Å². The second-order valence-electron chi connectivity index (χ2n) is 5.91. The molecule has 0 spiro atoms. The number of hydrogen-bond acceptors (Lipinski definition) is 5. The predicted molar refractivity (Wildman–Crippen MR) is 91.9 cm³/mol. The summed E-state index contributed by atoms with van der Waals surface area (Å²) in [6, 6.07) is 11.4. The summed E-state index contributed by atoms with van der Waals surface area (Å²) in [4.78, 5) is 30.2. The summed E-state index contributed by atoms with van der Waals surface area (Å²) >= 11 is 0. The lowest BCUT2D eigenvalue weighted by Gasteiger charge is -2.30. The summed E-state index contributed by atoms with van der Waals surface area (Å²) in [5, 5.41) is 0. The molecule has 0 saturated carbocycles. The summed E-state index contributed by atoms with van der Waals surface area (Å²) in [6.45, 7) is 1.80. The molecule has 0 saturated heterocycles. The molecular formula is C19H15FN2O4. The van der Waals surface area contributed by atoms with Gasteiger partial charge < -0.3 is 9.47 Å². The van der Waals surface area contributed by atoms with E-state index in [0.717, 1.165) is 0 Å². The maximum atomic E-state index is 14.5. The number of anilines is 1. The van der Waals surface area contributed by atoms with Crippen molar-refractivity contribution in [3.05, 3.63) is 59.4 Å². The van der Waals surface area contributed by atoms with Gasteiger partial charge in [0.2, 0.25) is 0 Å². The zero-order valence-corrected chi connectivity index (χ0v) is 13.9. The van der Waals surface area contributed by atoms with Crippen LogP contribution in [0.4, 0.5) is 10.1 Å². The maximum absolute atomic E-state index is 14.5. The van der Waals surface area contributed by atoms with Crippen LogP contribution < -0.4 is 9.64 Å². The first-order valence-corrected chi connectivity index (χ1v) is 8.14. The normalized spacial score (nSPS) is 18.4. The number of para-hydroxylation sites is 1. The van der Waals surface area contributed by atoms with E-state index in [4.69, 9.17) is 9.47 Å². The van der Waals surface area contributed by atoms with Gasteiger partial charge in [0.15, 0.2) is 0 Å². The van der Waals surface area contributed by atoms with Gasteiger partial charge in [-0.05, 0) is 18.2 Å². The fourth-order valence-electron chi connectivity index (χ4n) is 3.16. The molecule has 0 N–H and O–H groups in total.